The average molecular weight is 518 g/mol. The number of ether oxygens (including phenoxy) is 3. The molecule has 1 saturated heterocycles. The van der Waals surface area contributed by atoms with Gasteiger partial charge in [0.25, 0.3) is 0 Å². The largest absolute Gasteiger partial charge is 0.383 e. The van der Waals surface area contributed by atoms with Crippen LogP contribution in [0.2, 0.25) is 5.02 Å². The quantitative estimate of drug-likeness (QED) is 0.416. The summed E-state index contributed by atoms with van der Waals surface area (Å²) >= 11 is 6.54. The first kappa shape index (κ1) is 27.1. The lowest BCUT2D eigenvalue weighted by Crippen LogP contribution is -2.44. The van der Waals surface area contributed by atoms with Gasteiger partial charge in [0.05, 0.1) is 42.2 Å². The normalized spacial score (nSPS) is 24.8. The van der Waals surface area contributed by atoms with Crippen LogP contribution in [0, 0.1) is 0 Å². The molecule has 9 heteroatoms. The van der Waals surface area contributed by atoms with Crippen LogP contribution in [0.5, 0.6) is 0 Å². The van der Waals surface area contributed by atoms with Crippen LogP contribution in [0.3, 0.4) is 0 Å². The molecule has 2 fully saturated rings. The van der Waals surface area contributed by atoms with Gasteiger partial charge < -0.3 is 30.2 Å². The smallest absolute Gasteiger partial charge is 0.126 e. The molecule has 1 saturated carbocycles. The van der Waals surface area contributed by atoms with Crippen molar-refractivity contribution < 1.29 is 14.2 Å². The monoisotopic (exact) mass is 517 g/mol. The predicted molar refractivity (Wildman–Crippen MR) is 145 cm³/mol. The summed E-state index contributed by atoms with van der Waals surface area (Å²) in [4.78, 5) is 9.32. The summed E-state index contributed by atoms with van der Waals surface area (Å²) in [5.41, 5.74) is 1.44. The van der Waals surface area contributed by atoms with Crippen molar-refractivity contribution in [3.05, 3.63) is 35.5 Å². The van der Waals surface area contributed by atoms with E-state index in [9.17, 15) is 0 Å². The van der Waals surface area contributed by atoms with E-state index in [0.29, 0.717) is 42.9 Å². The Hall–Kier alpha value is -1.97. The number of hydrogen-bond donors (Lipinski definition) is 3. The lowest BCUT2D eigenvalue weighted by atomic mass is 9.90. The molecule has 2 aliphatic rings. The minimum atomic E-state index is -0.225. The molecule has 1 aliphatic heterocycles. The average Bonchev–Trinajstić information content (AvgIpc) is 2.86. The first-order valence-electron chi connectivity index (χ1n) is 13.0. The van der Waals surface area contributed by atoms with E-state index in [0.717, 1.165) is 55.2 Å². The summed E-state index contributed by atoms with van der Waals surface area (Å²) in [5, 5.41) is 11.2. The summed E-state index contributed by atoms with van der Waals surface area (Å²) in [6.07, 6.45) is 6.16. The third-order valence-electron chi connectivity index (χ3n) is 6.73. The fourth-order valence-corrected chi connectivity index (χ4v) is 4.97. The van der Waals surface area contributed by atoms with Crippen molar-refractivity contribution in [3.63, 3.8) is 0 Å². The van der Waals surface area contributed by atoms with Gasteiger partial charge in [-0.15, -0.1) is 0 Å². The summed E-state index contributed by atoms with van der Waals surface area (Å²) < 4.78 is 17.0. The van der Waals surface area contributed by atoms with Gasteiger partial charge in [0, 0.05) is 43.5 Å². The zero-order chi connectivity index (χ0) is 25.5. The number of anilines is 2. The fourth-order valence-electron chi connectivity index (χ4n) is 4.77. The van der Waals surface area contributed by atoms with Gasteiger partial charge in [-0.25, -0.2) is 9.97 Å². The van der Waals surface area contributed by atoms with Gasteiger partial charge in [-0.3, -0.25) is 0 Å². The van der Waals surface area contributed by atoms with Crippen LogP contribution < -0.4 is 16.0 Å². The highest BCUT2D eigenvalue weighted by Crippen LogP contribution is 2.30. The Morgan fingerprint density at radius 1 is 1.17 bits per heavy atom. The van der Waals surface area contributed by atoms with Crippen LogP contribution in [0.4, 0.5) is 11.6 Å². The molecule has 3 N–H and O–H groups in total. The Bertz CT molecular complexity index is 974. The molecule has 3 heterocycles. The maximum Gasteiger partial charge on any atom is 0.126 e. The molecule has 4 rings (SSSR count). The van der Waals surface area contributed by atoms with Crippen LogP contribution in [0.25, 0.3) is 11.3 Å². The molecule has 0 bridgehead atoms. The molecule has 2 aromatic heterocycles. The summed E-state index contributed by atoms with van der Waals surface area (Å²) in [7, 11) is 1.75. The topological polar surface area (TPSA) is 89.6 Å². The van der Waals surface area contributed by atoms with Crippen molar-refractivity contribution in [3.8, 4) is 11.3 Å². The molecule has 198 valence electrons. The molecule has 2 unspecified atom stereocenters. The number of rotatable bonds is 10. The van der Waals surface area contributed by atoms with Crippen molar-refractivity contribution in [1.29, 1.82) is 0 Å². The van der Waals surface area contributed by atoms with E-state index in [1.54, 1.807) is 13.3 Å². The van der Waals surface area contributed by atoms with E-state index in [1.165, 1.54) is 0 Å². The van der Waals surface area contributed by atoms with Gasteiger partial charge in [0.2, 0.25) is 0 Å². The number of halogens is 1. The molecular weight excluding hydrogens is 478 g/mol. The standard InChI is InChI=1S/C27H40ClN5O3/c1-18(15-34-4)31-19-8-10-20(11-9-19)32-26-12-22(23(28)14-30-26)24-6-5-7-25(33-24)29-13-21-16-36-27(2,3)17-35-21/h5-7,12,14,18-21,31H,8-11,13,15-17H2,1-4H3,(H,29,33)(H,30,32). The third kappa shape index (κ3) is 7.76. The van der Waals surface area contributed by atoms with Gasteiger partial charge in [0.1, 0.15) is 11.6 Å². The second kappa shape index (κ2) is 12.5. The van der Waals surface area contributed by atoms with Crippen molar-refractivity contribution >= 4 is 23.2 Å². The fraction of sp³-hybridized carbons (Fsp3) is 0.630. The molecule has 0 aromatic carbocycles. The number of pyridine rings is 2. The molecule has 0 radical (unpaired) electrons. The zero-order valence-electron chi connectivity index (χ0n) is 21.9. The number of methoxy groups -OCH3 is 1. The predicted octanol–water partition coefficient (Wildman–Crippen LogP) is 4.75. The van der Waals surface area contributed by atoms with Crippen molar-refractivity contribution in [1.82, 2.24) is 15.3 Å². The van der Waals surface area contributed by atoms with E-state index in [2.05, 4.69) is 27.9 Å². The van der Waals surface area contributed by atoms with E-state index < -0.39 is 0 Å². The summed E-state index contributed by atoms with van der Waals surface area (Å²) in [6.45, 7) is 8.76. The van der Waals surface area contributed by atoms with Crippen molar-refractivity contribution in [2.75, 3.05) is 44.1 Å². The molecule has 0 amide bonds. The van der Waals surface area contributed by atoms with Gasteiger partial charge in [-0.1, -0.05) is 17.7 Å². The number of hydrogen-bond acceptors (Lipinski definition) is 8. The van der Waals surface area contributed by atoms with E-state index in [-0.39, 0.29) is 11.7 Å². The third-order valence-corrected chi connectivity index (χ3v) is 7.04. The van der Waals surface area contributed by atoms with Crippen molar-refractivity contribution in [2.24, 2.45) is 0 Å². The molecule has 0 spiro atoms. The van der Waals surface area contributed by atoms with Gasteiger partial charge in [-0.2, -0.15) is 0 Å². The Morgan fingerprint density at radius 2 is 1.94 bits per heavy atom. The molecule has 36 heavy (non-hydrogen) atoms. The SMILES string of the molecule is COCC(C)NC1CCC(Nc2cc(-c3cccc(NCC4COC(C)(C)CO4)n3)c(Cl)cn2)CC1. The maximum atomic E-state index is 6.54. The Kier molecular flexibility index (Phi) is 9.41. The van der Waals surface area contributed by atoms with Gasteiger partial charge in [0.15, 0.2) is 0 Å². The molecular formula is C27H40ClN5O3. The van der Waals surface area contributed by atoms with Crippen LogP contribution >= 0.6 is 11.6 Å². The van der Waals surface area contributed by atoms with Crippen LogP contribution in [0.15, 0.2) is 30.5 Å². The number of aromatic nitrogens is 2. The molecule has 2 atom stereocenters. The highest BCUT2D eigenvalue weighted by molar-refractivity contribution is 6.33. The lowest BCUT2D eigenvalue weighted by molar-refractivity contribution is -0.170. The lowest BCUT2D eigenvalue weighted by Gasteiger charge is -2.35. The highest BCUT2D eigenvalue weighted by atomic mass is 35.5. The van der Waals surface area contributed by atoms with Crippen molar-refractivity contribution in [2.45, 2.75) is 76.3 Å². The number of nitrogens with zero attached hydrogens (tertiary/aromatic N) is 2. The van der Waals surface area contributed by atoms with Crippen LogP contribution in [-0.4, -0.2) is 73.3 Å². The second-order valence-corrected chi connectivity index (χ2v) is 11.0. The van der Waals surface area contributed by atoms with E-state index >= 15 is 0 Å². The first-order valence-corrected chi connectivity index (χ1v) is 13.3. The second-order valence-electron chi connectivity index (χ2n) is 10.6. The first-order chi connectivity index (χ1) is 17.3. The highest BCUT2D eigenvalue weighted by Gasteiger charge is 2.28. The Balaban J connectivity index is 1.33. The molecule has 1 aliphatic carbocycles. The number of nitrogens with one attached hydrogen (secondary N) is 3. The van der Waals surface area contributed by atoms with Crippen LogP contribution in [-0.2, 0) is 14.2 Å². The molecule has 2 aromatic rings. The van der Waals surface area contributed by atoms with Gasteiger partial charge >= 0.3 is 0 Å². The van der Waals surface area contributed by atoms with E-state index in [1.807, 2.05) is 38.1 Å². The van der Waals surface area contributed by atoms with Crippen LogP contribution in [0.1, 0.15) is 46.5 Å². The molecule has 8 nitrogen and oxygen atoms in total. The maximum absolute atomic E-state index is 6.54. The van der Waals surface area contributed by atoms with Gasteiger partial charge in [-0.05, 0) is 64.7 Å². The summed E-state index contributed by atoms with van der Waals surface area (Å²) in [6, 6.07) is 9.21. The summed E-state index contributed by atoms with van der Waals surface area (Å²) in [5.74, 6) is 1.60. The zero-order valence-corrected chi connectivity index (χ0v) is 22.6. The van der Waals surface area contributed by atoms with E-state index in [4.69, 9.17) is 30.8 Å². The minimum Gasteiger partial charge on any atom is -0.383 e. The Labute approximate surface area is 219 Å². The minimum absolute atomic E-state index is 0.00252. The Morgan fingerprint density at radius 3 is 2.67 bits per heavy atom.